The molecule has 0 aromatic heterocycles. The van der Waals surface area contributed by atoms with E-state index in [1.54, 1.807) is 11.0 Å². The third kappa shape index (κ3) is 6.11. The number of halogens is 1. The molecule has 2 N–H and O–H groups in total. The molecule has 2 fully saturated rings. The number of hydrogen-bond donors (Lipinski definition) is 2. The van der Waals surface area contributed by atoms with Gasteiger partial charge >= 0.3 is 5.97 Å². The minimum Gasteiger partial charge on any atom is -0.463 e. The van der Waals surface area contributed by atoms with Gasteiger partial charge in [-0.3, -0.25) is 19.2 Å². The molecule has 4 aliphatic heterocycles. The van der Waals surface area contributed by atoms with Crippen LogP contribution in [0.5, 0.6) is 0 Å². The van der Waals surface area contributed by atoms with Crippen molar-refractivity contribution < 1.29 is 33.8 Å². The summed E-state index contributed by atoms with van der Waals surface area (Å²) in [5.41, 5.74) is -0.656. The van der Waals surface area contributed by atoms with Crippen LogP contribution in [0.25, 0.3) is 0 Å². The molecule has 10 nitrogen and oxygen atoms in total. The number of carbonyl (C=O) groups excluding carboxylic acids is 4. The summed E-state index contributed by atoms with van der Waals surface area (Å²) in [7, 11) is 0. The van der Waals surface area contributed by atoms with Gasteiger partial charge in [0.05, 0.1) is 30.5 Å². The highest BCUT2D eigenvalue weighted by Crippen LogP contribution is 2.59. The number of esters is 1. The van der Waals surface area contributed by atoms with Gasteiger partial charge in [-0.15, -0.1) is 0 Å². The Kier molecular flexibility index (Phi) is 10.2. The van der Waals surface area contributed by atoms with Crippen molar-refractivity contribution in [2.24, 2.45) is 17.8 Å². The van der Waals surface area contributed by atoms with E-state index >= 15 is 0 Å². The summed E-state index contributed by atoms with van der Waals surface area (Å²) in [5, 5.41) is 13.6. The second-order valence-corrected chi connectivity index (χ2v) is 13.8. The zero-order valence-electron chi connectivity index (χ0n) is 26.4. The zero-order valence-corrected chi connectivity index (χ0v) is 27.9. The molecule has 1 aromatic carbocycles. The first-order valence-electron chi connectivity index (χ1n) is 16.0. The van der Waals surface area contributed by atoms with E-state index in [0.717, 1.165) is 18.4 Å². The second kappa shape index (κ2) is 13.8. The minimum atomic E-state index is -1.40. The highest BCUT2D eigenvalue weighted by atomic mass is 79.9. The fourth-order valence-electron chi connectivity index (χ4n) is 7.36. The summed E-state index contributed by atoms with van der Waals surface area (Å²) in [4.78, 5) is 59.6. The van der Waals surface area contributed by atoms with Gasteiger partial charge in [0.15, 0.2) is 0 Å². The van der Waals surface area contributed by atoms with Crippen molar-refractivity contribution in [2.45, 2.75) is 89.3 Å². The van der Waals surface area contributed by atoms with Gasteiger partial charge in [-0.25, -0.2) is 0 Å². The first-order valence-corrected chi connectivity index (χ1v) is 16.8. The minimum absolute atomic E-state index is 0.0766. The molecule has 5 rings (SSSR count). The number of nitrogens with one attached hydrogen (secondary N) is 1. The van der Waals surface area contributed by atoms with Crippen LogP contribution in [0.2, 0.25) is 0 Å². The Morgan fingerprint density at radius 3 is 2.49 bits per heavy atom. The van der Waals surface area contributed by atoms with E-state index in [1.807, 2.05) is 63.3 Å². The summed E-state index contributed by atoms with van der Waals surface area (Å²) in [5.74, 6) is -3.62. The summed E-state index contributed by atoms with van der Waals surface area (Å²) in [6, 6.07) is 6.66. The smallest absolute Gasteiger partial charge is 0.306 e. The lowest BCUT2D eigenvalue weighted by Crippen LogP contribution is -2.60. The summed E-state index contributed by atoms with van der Waals surface area (Å²) in [6.07, 6.45) is 6.93. The van der Waals surface area contributed by atoms with Gasteiger partial charge in [0.2, 0.25) is 17.7 Å². The average molecular weight is 687 g/mol. The Hall–Kier alpha value is -3.02. The van der Waals surface area contributed by atoms with Crippen LogP contribution in [0.1, 0.15) is 65.0 Å². The Labute approximate surface area is 273 Å². The van der Waals surface area contributed by atoms with Crippen molar-refractivity contribution >= 4 is 39.6 Å². The van der Waals surface area contributed by atoms with Crippen molar-refractivity contribution in [1.29, 1.82) is 0 Å². The quantitative estimate of drug-likeness (QED) is 0.332. The van der Waals surface area contributed by atoms with Gasteiger partial charge in [-0.05, 0) is 37.3 Å². The van der Waals surface area contributed by atoms with Crippen molar-refractivity contribution in [3.05, 3.63) is 58.6 Å². The highest BCUT2D eigenvalue weighted by molar-refractivity contribution is 9.11. The lowest BCUT2D eigenvalue weighted by atomic mass is 9.74. The number of amides is 3. The lowest BCUT2D eigenvalue weighted by Gasteiger charge is -2.41. The van der Waals surface area contributed by atoms with E-state index in [2.05, 4.69) is 28.2 Å². The van der Waals surface area contributed by atoms with Gasteiger partial charge in [-0.1, -0.05) is 85.6 Å². The largest absolute Gasteiger partial charge is 0.463 e. The Morgan fingerprint density at radius 2 is 1.82 bits per heavy atom. The number of aliphatic hydroxyl groups excluding tert-OH is 1. The lowest BCUT2D eigenvalue weighted by molar-refractivity contribution is -0.153. The number of carbonyl (C=O) groups is 4. The SMILES string of the molecule is CCCC(C)N1C/C=C\CCC(=O)OC[C@@H](c2ccccc2)NC(=O)[C@@H]2[C@H]3O[C@@]4(C=C3Br)[C@H](C1=O)N([C@@H](CO)C(C)C)C(=O)[C@@H]24. The molecule has 1 unspecified atom stereocenters. The molecular formula is C34H44BrN3O7. The van der Waals surface area contributed by atoms with Crippen LogP contribution in [-0.2, 0) is 28.7 Å². The van der Waals surface area contributed by atoms with Crippen molar-refractivity contribution in [1.82, 2.24) is 15.1 Å². The molecule has 8 atom stereocenters. The third-order valence-electron chi connectivity index (χ3n) is 9.65. The van der Waals surface area contributed by atoms with E-state index < -0.39 is 53.5 Å². The van der Waals surface area contributed by atoms with Crippen LogP contribution in [0, 0.1) is 17.8 Å². The maximum absolute atomic E-state index is 14.8. The molecule has 0 saturated carbocycles. The molecule has 244 valence electrons. The van der Waals surface area contributed by atoms with Gasteiger partial charge in [-0.2, -0.15) is 0 Å². The van der Waals surface area contributed by atoms with Gasteiger partial charge in [0.25, 0.3) is 0 Å². The number of hydrogen-bond acceptors (Lipinski definition) is 7. The average Bonchev–Trinajstić information content (AvgIpc) is 3.60. The van der Waals surface area contributed by atoms with Gasteiger partial charge in [0, 0.05) is 23.5 Å². The fourth-order valence-corrected chi connectivity index (χ4v) is 8.10. The second-order valence-electron chi connectivity index (χ2n) is 12.9. The van der Waals surface area contributed by atoms with E-state index in [0.29, 0.717) is 10.9 Å². The number of cyclic esters (lactones) is 1. The molecule has 2 saturated heterocycles. The van der Waals surface area contributed by atoms with Crippen LogP contribution < -0.4 is 5.32 Å². The number of likely N-dealkylation sites (tertiary alicyclic amines) is 1. The predicted molar refractivity (Wildman–Crippen MR) is 171 cm³/mol. The molecule has 11 heteroatoms. The molecule has 4 heterocycles. The predicted octanol–water partition coefficient (Wildman–Crippen LogP) is 3.64. The summed E-state index contributed by atoms with van der Waals surface area (Å²) < 4.78 is 12.9. The van der Waals surface area contributed by atoms with Crippen molar-refractivity contribution in [3.8, 4) is 0 Å². The standard InChI is InChI=1S/C34H44BrN3O7/c1-5-12-21(4)37-16-11-7-10-15-26(40)44-19-24(22-13-8-6-9-14-22)36-31(41)27-28-32(42)38(25(18-39)20(2)3)30(33(37)43)34(28)17-23(35)29(27)45-34/h6-9,11,13-14,17,20-21,24-25,27-30,39H,5,10,12,15-16,18-19H2,1-4H3,(H,36,41)/b11-7-/t21?,24-,25-,27-,28+,29-,30-,34+/m0/s1. The summed E-state index contributed by atoms with van der Waals surface area (Å²) >= 11 is 3.61. The molecule has 3 amide bonds. The Morgan fingerprint density at radius 1 is 1.09 bits per heavy atom. The summed E-state index contributed by atoms with van der Waals surface area (Å²) in [6.45, 7) is 7.69. The molecule has 4 aliphatic rings. The van der Waals surface area contributed by atoms with E-state index in [4.69, 9.17) is 9.47 Å². The molecule has 45 heavy (non-hydrogen) atoms. The highest BCUT2D eigenvalue weighted by Gasteiger charge is 2.75. The van der Waals surface area contributed by atoms with Crippen molar-refractivity contribution in [2.75, 3.05) is 19.8 Å². The maximum atomic E-state index is 14.8. The Bertz CT molecular complexity index is 1350. The van der Waals surface area contributed by atoms with E-state index in [9.17, 15) is 24.3 Å². The van der Waals surface area contributed by atoms with Crippen LogP contribution in [0.15, 0.2) is 53.0 Å². The number of allylic oxidation sites excluding steroid dienone is 1. The van der Waals surface area contributed by atoms with E-state index in [-0.39, 0.29) is 50.0 Å². The normalized spacial score (nSPS) is 32.7. The number of nitrogens with zero attached hydrogens (tertiary/aromatic N) is 2. The molecule has 1 aromatic rings. The zero-order chi connectivity index (χ0) is 32.5. The number of fused-ring (bicyclic) bond motifs is 2. The van der Waals surface area contributed by atoms with Crippen LogP contribution >= 0.6 is 15.9 Å². The molecular weight excluding hydrogens is 642 g/mol. The number of ether oxygens (including phenoxy) is 2. The topological polar surface area (TPSA) is 125 Å². The molecule has 0 radical (unpaired) electrons. The number of benzene rings is 1. The van der Waals surface area contributed by atoms with Crippen LogP contribution in [0.3, 0.4) is 0 Å². The molecule has 0 aliphatic carbocycles. The fraction of sp³-hybridized carbons (Fsp3) is 0.588. The number of rotatable bonds is 7. The van der Waals surface area contributed by atoms with Gasteiger partial charge in [0.1, 0.15) is 24.4 Å². The van der Waals surface area contributed by atoms with E-state index in [1.165, 1.54) is 4.90 Å². The van der Waals surface area contributed by atoms with Crippen LogP contribution in [-0.4, -0.2) is 88.2 Å². The van der Waals surface area contributed by atoms with Crippen LogP contribution in [0.4, 0.5) is 0 Å². The Balaban J connectivity index is 1.63. The van der Waals surface area contributed by atoms with Crippen molar-refractivity contribution in [3.63, 3.8) is 0 Å². The monoisotopic (exact) mass is 685 g/mol. The first kappa shape index (κ1) is 33.3. The van der Waals surface area contributed by atoms with Gasteiger partial charge < -0.3 is 29.7 Å². The third-order valence-corrected chi connectivity index (χ3v) is 10.3. The number of aliphatic hydroxyl groups is 1. The first-order chi connectivity index (χ1) is 21.5. The molecule has 1 spiro atoms. The molecule has 5 bridgehead atoms. The maximum Gasteiger partial charge on any atom is 0.306 e.